The highest BCUT2D eigenvalue weighted by Crippen LogP contribution is 2.36. The van der Waals surface area contributed by atoms with Gasteiger partial charge in [-0.05, 0) is 55.0 Å². The Morgan fingerprint density at radius 2 is 2.08 bits per heavy atom. The van der Waals surface area contributed by atoms with Crippen LogP contribution in [0.2, 0.25) is 0 Å². The van der Waals surface area contributed by atoms with Gasteiger partial charge in [-0.3, -0.25) is 0 Å². The molecule has 1 aromatic heterocycles. The zero-order valence-electron chi connectivity index (χ0n) is 14.1. The van der Waals surface area contributed by atoms with Gasteiger partial charge in [0.1, 0.15) is 10.6 Å². The smallest absolute Gasteiger partial charge is 0.350 e. The number of methoxy groups -OCH3 is 1. The van der Waals surface area contributed by atoms with E-state index >= 15 is 0 Å². The van der Waals surface area contributed by atoms with E-state index in [1.165, 1.54) is 11.3 Å². The topological polar surface area (TPSA) is 59.6 Å². The molecule has 1 aromatic carbocycles. The first-order valence-electron chi connectivity index (χ1n) is 7.70. The van der Waals surface area contributed by atoms with Gasteiger partial charge in [0.15, 0.2) is 5.11 Å². The second-order valence-electron chi connectivity index (χ2n) is 4.93. The van der Waals surface area contributed by atoms with Crippen LogP contribution in [0.4, 0.5) is 5.69 Å². The number of carbonyl (C=O) groups excluding carboxylic acids is 1. The third-order valence-electron chi connectivity index (χ3n) is 3.22. The van der Waals surface area contributed by atoms with E-state index in [1.807, 2.05) is 30.3 Å². The summed E-state index contributed by atoms with van der Waals surface area (Å²) in [6.45, 7) is 6.26. The van der Waals surface area contributed by atoms with Crippen LogP contribution >= 0.6 is 23.6 Å². The van der Waals surface area contributed by atoms with E-state index < -0.39 is 0 Å². The lowest BCUT2D eigenvalue weighted by atomic mass is 10.2. The molecule has 2 N–H and O–H groups in total. The van der Waals surface area contributed by atoms with E-state index in [4.69, 9.17) is 21.7 Å². The van der Waals surface area contributed by atoms with Gasteiger partial charge in [0, 0.05) is 11.4 Å². The summed E-state index contributed by atoms with van der Waals surface area (Å²) in [5, 5.41) is 6.46. The maximum Gasteiger partial charge on any atom is 0.350 e. The van der Waals surface area contributed by atoms with Crippen molar-refractivity contribution in [2.45, 2.75) is 6.92 Å². The molecule has 2 rings (SSSR count). The Morgan fingerprint density at radius 3 is 2.68 bits per heavy atom. The summed E-state index contributed by atoms with van der Waals surface area (Å²) in [6.07, 6.45) is 1.71. The third kappa shape index (κ3) is 5.04. The molecule has 0 saturated heterocycles. The van der Waals surface area contributed by atoms with Crippen molar-refractivity contribution in [3.8, 4) is 16.2 Å². The van der Waals surface area contributed by atoms with E-state index in [0.29, 0.717) is 28.8 Å². The normalized spacial score (nSPS) is 10.0. The maximum absolute atomic E-state index is 12.3. The molecule has 7 heteroatoms. The van der Waals surface area contributed by atoms with Crippen LogP contribution in [0, 0.1) is 0 Å². The number of thiophene rings is 1. The van der Waals surface area contributed by atoms with Crippen molar-refractivity contribution in [1.29, 1.82) is 0 Å². The van der Waals surface area contributed by atoms with Crippen molar-refractivity contribution < 1.29 is 14.3 Å². The number of hydrogen-bond acceptors (Lipinski definition) is 5. The quantitative estimate of drug-likeness (QED) is 0.431. The number of thiocarbonyl (C=S) groups is 1. The van der Waals surface area contributed by atoms with Crippen LogP contribution in [0.5, 0.6) is 5.75 Å². The van der Waals surface area contributed by atoms with Gasteiger partial charge in [0.2, 0.25) is 0 Å². The fraction of sp³-hybridized carbons (Fsp3) is 0.222. The van der Waals surface area contributed by atoms with Crippen molar-refractivity contribution in [3.63, 3.8) is 0 Å². The number of ether oxygens (including phenoxy) is 2. The summed E-state index contributed by atoms with van der Waals surface area (Å²) in [6, 6.07) is 9.53. The molecule has 0 aliphatic carbocycles. The Morgan fingerprint density at radius 1 is 1.36 bits per heavy atom. The Hall–Kier alpha value is -2.38. The SMILES string of the molecule is C=CCNC(=S)Nc1cc(-c2ccc(OC)cc2)sc1C(=O)OCC. The monoisotopic (exact) mass is 376 g/mol. The Balaban J connectivity index is 2.31. The summed E-state index contributed by atoms with van der Waals surface area (Å²) in [5.74, 6) is 0.403. The molecule has 0 saturated carbocycles. The maximum atomic E-state index is 12.3. The van der Waals surface area contributed by atoms with Crippen LogP contribution < -0.4 is 15.4 Å². The average Bonchev–Trinajstić information content (AvgIpc) is 3.04. The van der Waals surface area contributed by atoms with Gasteiger partial charge in [-0.2, -0.15) is 0 Å². The Labute approximate surface area is 156 Å². The van der Waals surface area contributed by atoms with Crippen molar-refractivity contribution in [3.05, 3.63) is 47.9 Å². The first-order chi connectivity index (χ1) is 12.1. The minimum absolute atomic E-state index is 0.313. The number of nitrogens with one attached hydrogen (secondary N) is 2. The minimum Gasteiger partial charge on any atom is -0.497 e. The predicted octanol–water partition coefficient (Wildman–Crippen LogP) is 4.07. The van der Waals surface area contributed by atoms with Crippen molar-refractivity contribution in [2.75, 3.05) is 25.6 Å². The lowest BCUT2D eigenvalue weighted by Gasteiger charge is -2.09. The Bertz CT molecular complexity index is 754. The second kappa shape index (κ2) is 9.19. The highest BCUT2D eigenvalue weighted by Gasteiger charge is 2.19. The summed E-state index contributed by atoms with van der Waals surface area (Å²) in [5.41, 5.74) is 1.60. The van der Waals surface area contributed by atoms with Crippen molar-refractivity contribution >= 4 is 40.3 Å². The molecule has 0 radical (unpaired) electrons. The molecule has 1 heterocycles. The molecule has 5 nitrogen and oxygen atoms in total. The summed E-state index contributed by atoms with van der Waals surface area (Å²) in [7, 11) is 1.62. The molecule has 132 valence electrons. The highest BCUT2D eigenvalue weighted by atomic mass is 32.1. The standard InChI is InChI=1S/C18H20N2O3S2/c1-4-10-19-18(24)20-14-11-15(25-16(14)17(21)23-5-2)12-6-8-13(22-3)9-7-12/h4,6-9,11H,1,5,10H2,2-3H3,(H2,19,20,24). The zero-order chi connectivity index (χ0) is 18.2. The number of carbonyl (C=O) groups is 1. The minimum atomic E-state index is -0.374. The lowest BCUT2D eigenvalue weighted by molar-refractivity contribution is 0.0533. The molecule has 25 heavy (non-hydrogen) atoms. The van der Waals surface area contributed by atoms with Gasteiger partial charge in [-0.15, -0.1) is 17.9 Å². The molecule has 0 aliphatic rings. The second-order valence-corrected chi connectivity index (χ2v) is 6.39. The molecule has 0 aliphatic heterocycles. The van der Waals surface area contributed by atoms with Crippen LogP contribution in [-0.4, -0.2) is 31.3 Å². The first kappa shape index (κ1) is 19.0. The number of esters is 1. The van der Waals surface area contributed by atoms with E-state index in [2.05, 4.69) is 17.2 Å². The molecule has 2 aromatic rings. The Kier molecular flexibility index (Phi) is 6.97. The number of hydrogen-bond donors (Lipinski definition) is 2. The van der Waals surface area contributed by atoms with Crippen LogP contribution in [0.3, 0.4) is 0 Å². The fourth-order valence-corrected chi connectivity index (χ4v) is 3.27. The largest absolute Gasteiger partial charge is 0.497 e. The molecule has 0 fully saturated rings. The van der Waals surface area contributed by atoms with Crippen molar-refractivity contribution in [1.82, 2.24) is 5.32 Å². The third-order valence-corrected chi connectivity index (χ3v) is 4.63. The summed E-state index contributed by atoms with van der Waals surface area (Å²) in [4.78, 5) is 13.7. The molecular weight excluding hydrogens is 356 g/mol. The van der Waals surface area contributed by atoms with Crippen molar-refractivity contribution in [2.24, 2.45) is 0 Å². The molecular formula is C18H20N2O3S2. The first-order valence-corrected chi connectivity index (χ1v) is 8.92. The van der Waals surface area contributed by atoms with Gasteiger partial charge in [-0.25, -0.2) is 4.79 Å². The van der Waals surface area contributed by atoms with Gasteiger partial charge >= 0.3 is 5.97 Å². The van der Waals surface area contributed by atoms with E-state index in [9.17, 15) is 4.79 Å². The average molecular weight is 377 g/mol. The molecule has 0 atom stereocenters. The number of rotatable bonds is 7. The van der Waals surface area contributed by atoms with Crippen LogP contribution in [0.15, 0.2) is 43.0 Å². The lowest BCUT2D eigenvalue weighted by Crippen LogP contribution is -2.28. The van der Waals surface area contributed by atoms with E-state index in [1.54, 1.807) is 20.1 Å². The predicted molar refractivity (Wildman–Crippen MR) is 107 cm³/mol. The molecule has 0 amide bonds. The number of anilines is 1. The number of benzene rings is 1. The van der Waals surface area contributed by atoms with Crippen LogP contribution in [0.1, 0.15) is 16.6 Å². The van der Waals surface area contributed by atoms with Gasteiger partial charge in [0.05, 0.1) is 19.4 Å². The van der Waals surface area contributed by atoms with Gasteiger partial charge < -0.3 is 20.1 Å². The fourth-order valence-electron chi connectivity index (χ4n) is 2.06. The molecule has 0 bridgehead atoms. The van der Waals surface area contributed by atoms with E-state index in [-0.39, 0.29) is 5.97 Å². The molecule has 0 unspecified atom stereocenters. The van der Waals surface area contributed by atoms with Crippen LogP contribution in [-0.2, 0) is 4.74 Å². The summed E-state index contributed by atoms with van der Waals surface area (Å²) >= 11 is 6.59. The van der Waals surface area contributed by atoms with Crippen LogP contribution in [0.25, 0.3) is 10.4 Å². The van der Waals surface area contributed by atoms with Gasteiger partial charge in [-0.1, -0.05) is 6.08 Å². The zero-order valence-corrected chi connectivity index (χ0v) is 15.8. The van der Waals surface area contributed by atoms with E-state index in [0.717, 1.165) is 16.2 Å². The molecule has 0 spiro atoms. The highest BCUT2D eigenvalue weighted by molar-refractivity contribution is 7.80. The van der Waals surface area contributed by atoms with Gasteiger partial charge in [0.25, 0.3) is 0 Å². The summed E-state index contributed by atoms with van der Waals surface area (Å²) < 4.78 is 10.3.